The van der Waals surface area contributed by atoms with Gasteiger partial charge >= 0.3 is 0 Å². The van der Waals surface area contributed by atoms with Gasteiger partial charge in [0.25, 0.3) is 8.32 Å². The number of rotatable bonds is 4. The van der Waals surface area contributed by atoms with Crippen molar-refractivity contribution in [3.05, 3.63) is 60.7 Å². The van der Waals surface area contributed by atoms with Crippen molar-refractivity contribution in [1.29, 1.82) is 0 Å². The van der Waals surface area contributed by atoms with Gasteiger partial charge in [-0.15, -0.1) is 0 Å². The highest BCUT2D eigenvalue weighted by Crippen LogP contribution is 2.44. The largest absolute Gasteiger partial charge is 0.402 e. The molecule has 2 aromatic carbocycles. The third-order valence-electron chi connectivity index (χ3n) is 5.15. The molecular weight excluding hydrogens is 312 g/mol. The van der Waals surface area contributed by atoms with Gasteiger partial charge in [-0.25, -0.2) is 0 Å². The SMILES string of the molecule is CC1(O[Si](c2ccccc2)(c2ccccc2)C(C)(C)C)CC(O)C1. The van der Waals surface area contributed by atoms with Crippen LogP contribution in [0.3, 0.4) is 0 Å². The van der Waals surface area contributed by atoms with Gasteiger partial charge in [-0.2, -0.15) is 0 Å². The Kier molecular flexibility index (Phi) is 4.45. The Hall–Kier alpha value is -1.42. The standard InChI is InChI=1S/C21H28O2Si/c1-20(2,3)24(18-11-7-5-8-12-18,19-13-9-6-10-14-19)23-21(4)15-17(22)16-21/h5-14,17,22H,15-16H2,1-4H3. The molecule has 2 aromatic rings. The Morgan fingerprint density at radius 2 is 1.33 bits per heavy atom. The monoisotopic (exact) mass is 340 g/mol. The number of hydrogen-bond acceptors (Lipinski definition) is 2. The van der Waals surface area contributed by atoms with Crippen molar-refractivity contribution in [1.82, 2.24) is 0 Å². The molecule has 1 aliphatic rings. The summed E-state index contributed by atoms with van der Waals surface area (Å²) in [6.07, 6.45) is 1.21. The van der Waals surface area contributed by atoms with Crippen LogP contribution in [0.4, 0.5) is 0 Å². The molecule has 0 radical (unpaired) electrons. The molecule has 0 saturated heterocycles. The molecule has 24 heavy (non-hydrogen) atoms. The molecular formula is C21H28O2Si. The first-order valence-electron chi connectivity index (χ1n) is 8.76. The van der Waals surface area contributed by atoms with Crippen molar-refractivity contribution in [2.45, 2.75) is 57.3 Å². The second kappa shape index (κ2) is 6.14. The topological polar surface area (TPSA) is 29.5 Å². The van der Waals surface area contributed by atoms with Crippen LogP contribution in [-0.4, -0.2) is 25.1 Å². The molecule has 1 fully saturated rings. The zero-order valence-electron chi connectivity index (χ0n) is 15.1. The molecule has 3 rings (SSSR count). The first-order chi connectivity index (χ1) is 11.3. The normalized spacial score (nSPS) is 24.5. The van der Waals surface area contributed by atoms with Crippen molar-refractivity contribution in [3.8, 4) is 0 Å². The summed E-state index contributed by atoms with van der Waals surface area (Å²) in [5.74, 6) is 0. The molecule has 128 valence electrons. The Bertz CT molecular complexity index is 630. The minimum absolute atomic E-state index is 0.0146. The maximum Gasteiger partial charge on any atom is 0.261 e. The van der Waals surface area contributed by atoms with Gasteiger partial charge in [-0.05, 0) is 22.3 Å². The fraction of sp³-hybridized carbons (Fsp3) is 0.429. The summed E-state index contributed by atoms with van der Waals surface area (Å²) in [7, 11) is -2.50. The van der Waals surface area contributed by atoms with E-state index in [2.05, 4.69) is 88.4 Å². The van der Waals surface area contributed by atoms with Crippen molar-refractivity contribution < 1.29 is 9.53 Å². The lowest BCUT2D eigenvalue weighted by atomic mass is 9.79. The van der Waals surface area contributed by atoms with Gasteiger partial charge in [0.1, 0.15) is 0 Å². The summed E-state index contributed by atoms with van der Waals surface area (Å²) in [6.45, 7) is 9.02. The van der Waals surface area contributed by atoms with E-state index in [4.69, 9.17) is 4.43 Å². The zero-order chi connectivity index (χ0) is 17.4. The van der Waals surface area contributed by atoms with E-state index in [1.165, 1.54) is 10.4 Å². The van der Waals surface area contributed by atoms with Crippen LogP contribution in [0.1, 0.15) is 40.5 Å². The number of aliphatic hydroxyl groups is 1. The van der Waals surface area contributed by atoms with E-state index in [1.54, 1.807) is 0 Å². The predicted octanol–water partition coefficient (Wildman–Crippen LogP) is 3.48. The van der Waals surface area contributed by atoms with Crippen LogP contribution in [0.5, 0.6) is 0 Å². The van der Waals surface area contributed by atoms with Gasteiger partial charge in [-0.3, -0.25) is 0 Å². The van der Waals surface area contributed by atoms with E-state index < -0.39 is 8.32 Å². The van der Waals surface area contributed by atoms with E-state index in [0.717, 1.165) is 12.8 Å². The van der Waals surface area contributed by atoms with Crippen molar-refractivity contribution in [3.63, 3.8) is 0 Å². The Balaban J connectivity index is 2.18. The molecule has 1 saturated carbocycles. The van der Waals surface area contributed by atoms with Crippen LogP contribution in [-0.2, 0) is 4.43 Å². The fourth-order valence-corrected chi connectivity index (χ4v) is 8.88. The summed E-state index contributed by atoms with van der Waals surface area (Å²) in [5, 5.41) is 12.4. The maximum absolute atomic E-state index is 9.86. The second-order valence-electron chi connectivity index (χ2n) is 8.28. The summed E-state index contributed by atoms with van der Waals surface area (Å²) < 4.78 is 7.05. The minimum atomic E-state index is -2.50. The Labute approximate surface area is 146 Å². The van der Waals surface area contributed by atoms with E-state index in [9.17, 15) is 5.11 Å². The predicted molar refractivity (Wildman–Crippen MR) is 102 cm³/mol. The van der Waals surface area contributed by atoms with Gasteiger partial charge in [0.15, 0.2) is 0 Å². The van der Waals surface area contributed by atoms with Gasteiger partial charge in [0.2, 0.25) is 0 Å². The zero-order valence-corrected chi connectivity index (χ0v) is 16.1. The quantitative estimate of drug-likeness (QED) is 0.864. The molecule has 1 aliphatic carbocycles. The lowest BCUT2D eigenvalue weighted by Gasteiger charge is -2.53. The summed E-state index contributed by atoms with van der Waals surface area (Å²) in [5.41, 5.74) is -0.245. The van der Waals surface area contributed by atoms with Crippen LogP contribution < -0.4 is 10.4 Å². The first-order valence-corrected chi connectivity index (χ1v) is 10.7. The molecule has 0 atom stereocenters. The van der Waals surface area contributed by atoms with Gasteiger partial charge < -0.3 is 9.53 Å². The molecule has 0 spiro atoms. The van der Waals surface area contributed by atoms with Crippen LogP contribution in [0.15, 0.2) is 60.7 Å². The molecule has 3 heteroatoms. The molecule has 1 N–H and O–H groups in total. The number of benzene rings is 2. The lowest BCUT2D eigenvalue weighted by Crippen LogP contribution is -2.71. The van der Waals surface area contributed by atoms with Crippen molar-refractivity contribution in [2.75, 3.05) is 0 Å². The highest BCUT2D eigenvalue weighted by atomic mass is 28.4. The van der Waals surface area contributed by atoms with Crippen LogP contribution in [0.25, 0.3) is 0 Å². The summed E-state index contributed by atoms with van der Waals surface area (Å²) in [4.78, 5) is 0. The second-order valence-corrected chi connectivity index (χ2v) is 12.5. The average Bonchev–Trinajstić information content (AvgIpc) is 2.52. The summed E-state index contributed by atoms with van der Waals surface area (Å²) in [6, 6.07) is 21.4. The van der Waals surface area contributed by atoms with Crippen LogP contribution in [0.2, 0.25) is 5.04 Å². The highest BCUT2D eigenvalue weighted by molar-refractivity contribution is 6.99. The Morgan fingerprint density at radius 1 is 0.917 bits per heavy atom. The van der Waals surface area contributed by atoms with E-state index in [0.29, 0.717) is 0 Å². The van der Waals surface area contributed by atoms with Gasteiger partial charge in [0.05, 0.1) is 11.7 Å². The lowest BCUT2D eigenvalue weighted by molar-refractivity contribution is -0.0879. The number of aliphatic hydroxyl groups excluding tert-OH is 1. The van der Waals surface area contributed by atoms with Crippen molar-refractivity contribution >= 4 is 18.7 Å². The molecule has 0 bridgehead atoms. The summed E-state index contributed by atoms with van der Waals surface area (Å²) >= 11 is 0. The highest BCUT2D eigenvalue weighted by Gasteiger charge is 2.56. The molecule has 0 aliphatic heterocycles. The van der Waals surface area contributed by atoms with E-state index >= 15 is 0 Å². The van der Waals surface area contributed by atoms with Gasteiger partial charge in [0, 0.05) is 12.8 Å². The number of hydrogen-bond donors (Lipinski definition) is 1. The molecule has 2 nitrogen and oxygen atoms in total. The first kappa shape index (κ1) is 17.4. The van der Waals surface area contributed by atoms with E-state index in [1.807, 2.05) is 0 Å². The van der Waals surface area contributed by atoms with Crippen LogP contribution in [0, 0.1) is 0 Å². The minimum Gasteiger partial charge on any atom is -0.402 e. The third kappa shape index (κ3) is 2.96. The molecule has 0 amide bonds. The Morgan fingerprint density at radius 3 is 1.67 bits per heavy atom. The molecule has 0 aromatic heterocycles. The third-order valence-corrected chi connectivity index (χ3v) is 10.4. The molecule has 0 unspecified atom stereocenters. The van der Waals surface area contributed by atoms with Gasteiger partial charge in [-0.1, -0.05) is 81.4 Å². The average molecular weight is 341 g/mol. The fourth-order valence-electron chi connectivity index (χ4n) is 4.04. The van der Waals surface area contributed by atoms with Crippen molar-refractivity contribution in [2.24, 2.45) is 0 Å². The van der Waals surface area contributed by atoms with Crippen LogP contribution >= 0.6 is 0 Å². The maximum atomic E-state index is 9.86. The smallest absolute Gasteiger partial charge is 0.261 e. The molecule has 0 heterocycles. The van der Waals surface area contributed by atoms with E-state index in [-0.39, 0.29) is 16.7 Å².